The number of anilines is 1. The van der Waals surface area contributed by atoms with Crippen LogP contribution in [0, 0.1) is 0 Å². The van der Waals surface area contributed by atoms with Crippen LogP contribution in [0.1, 0.15) is 27.6 Å². The largest absolute Gasteiger partial charge is 0.486 e. The number of carbonyl (C=O) groups excluding carboxylic acids is 3. The van der Waals surface area contributed by atoms with Gasteiger partial charge in [0.15, 0.2) is 18.1 Å². The number of rotatable bonds is 7. The highest BCUT2D eigenvalue weighted by atomic mass is 35.5. The predicted molar refractivity (Wildman–Crippen MR) is 127 cm³/mol. The predicted octanol–water partition coefficient (Wildman–Crippen LogP) is 4.81. The van der Waals surface area contributed by atoms with Gasteiger partial charge in [-0.25, -0.2) is 9.59 Å². The summed E-state index contributed by atoms with van der Waals surface area (Å²) in [6.07, 6.45) is 0. The molecule has 1 amide bonds. The molecule has 176 valence electrons. The molecular formula is C24H20ClNO7S. The molecule has 1 N–H and O–H groups in total. The maximum Gasteiger partial charge on any atom is 0.341 e. The number of esters is 2. The van der Waals surface area contributed by atoms with Gasteiger partial charge in [0, 0.05) is 21.5 Å². The van der Waals surface area contributed by atoms with Crippen LogP contribution in [0.3, 0.4) is 0 Å². The van der Waals surface area contributed by atoms with Crippen LogP contribution in [0.25, 0.3) is 11.1 Å². The minimum absolute atomic E-state index is 0.164. The van der Waals surface area contributed by atoms with Gasteiger partial charge in [-0.1, -0.05) is 29.8 Å². The van der Waals surface area contributed by atoms with Crippen molar-refractivity contribution < 1.29 is 33.3 Å². The highest BCUT2D eigenvalue weighted by Crippen LogP contribution is 2.39. The monoisotopic (exact) mass is 501 g/mol. The summed E-state index contributed by atoms with van der Waals surface area (Å²) in [6.45, 7) is 2.13. The number of benzene rings is 2. The summed E-state index contributed by atoms with van der Waals surface area (Å²) in [7, 11) is 0. The van der Waals surface area contributed by atoms with E-state index in [1.165, 1.54) is 12.1 Å². The molecule has 0 saturated carbocycles. The fraction of sp³-hybridized carbons (Fsp3) is 0.208. The second-order valence-corrected chi connectivity index (χ2v) is 8.32. The summed E-state index contributed by atoms with van der Waals surface area (Å²) in [5.41, 5.74) is 1.58. The Balaban J connectivity index is 1.47. The summed E-state index contributed by atoms with van der Waals surface area (Å²) < 4.78 is 21.2. The Kier molecular flexibility index (Phi) is 7.34. The summed E-state index contributed by atoms with van der Waals surface area (Å²) in [5.74, 6) is -0.916. The van der Waals surface area contributed by atoms with Crippen LogP contribution < -0.4 is 14.8 Å². The highest BCUT2D eigenvalue weighted by Gasteiger charge is 2.24. The number of thiophene rings is 1. The fourth-order valence-electron chi connectivity index (χ4n) is 3.28. The minimum atomic E-state index is -0.694. The minimum Gasteiger partial charge on any atom is -0.486 e. The lowest BCUT2D eigenvalue weighted by Crippen LogP contribution is -2.22. The molecule has 4 rings (SSSR count). The van der Waals surface area contributed by atoms with Gasteiger partial charge in [0.2, 0.25) is 0 Å². The van der Waals surface area contributed by atoms with Gasteiger partial charge in [-0.2, -0.15) is 0 Å². The number of amides is 1. The SMILES string of the molecule is CCOC(=O)c1c(-c2ccccc2Cl)csc1NC(=O)COC(=O)c1ccc2c(c1)OCCO2. The van der Waals surface area contributed by atoms with E-state index in [0.717, 1.165) is 11.3 Å². The molecule has 0 saturated heterocycles. The summed E-state index contributed by atoms with van der Waals surface area (Å²) >= 11 is 7.45. The zero-order valence-corrected chi connectivity index (χ0v) is 19.7. The standard InChI is InChI=1S/C24H20ClNO7S/c1-2-30-24(29)21-16(15-5-3-4-6-17(15)25)13-34-22(21)26-20(27)12-33-23(28)14-7-8-18-19(11-14)32-10-9-31-18/h3-8,11,13H,2,9-10,12H2,1H3,(H,26,27). The lowest BCUT2D eigenvalue weighted by Gasteiger charge is -2.18. The van der Waals surface area contributed by atoms with Gasteiger partial charge < -0.3 is 24.3 Å². The van der Waals surface area contributed by atoms with E-state index < -0.39 is 24.5 Å². The number of hydrogen-bond acceptors (Lipinski definition) is 8. The smallest absolute Gasteiger partial charge is 0.341 e. The van der Waals surface area contributed by atoms with Crippen LogP contribution in [0.5, 0.6) is 11.5 Å². The molecule has 0 unspecified atom stereocenters. The van der Waals surface area contributed by atoms with Crippen molar-refractivity contribution in [2.24, 2.45) is 0 Å². The first-order chi connectivity index (χ1) is 16.5. The average molecular weight is 502 g/mol. The number of fused-ring (bicyclic) bond motifs is 1. The molecule has 1 aromatic heterocycles. The van der Waals surface area contributed by atoms with Gasteiger partial charge in [0.1, 0.15) is 23.8 Å². The average Bonchev–Trinajstić information content (AvgIpc) is 3.25. The van der Waals surface area contributed by atoms with Gasteiger partial charge in [-0.15, -0.1) is 11.3 Å². The maximum absolute atomic E-state index is 12.7. The molecule has 1 aliphatic heterocycles. The first kappa shape index (κ1) is 23.6. The molecule has 1 aliphatic rings. The Morgan fingerprint density at radius 1 is 1.00 bits per heavy atom. The van der Waals surface area contributed by atoms with Crippen molar-refractivity contribution in [1.82, 2.24) is 0 Å². The van der Waals surface area contributed by atoms with E-state index in [-0.39, 0.29) is 22.7 Å². The Labute approximate surface area is 204 Å². The van der Waals surface area contributed by atoms with Crippen molar-refractivity contribution in [3.8, 4) is 22.6 Å². The van der Waals surface area contributed by atoms with Crippen molar-refractivity contribution >= 4 is 45.8 Å². The molecule has 0 atom stereocenters. The van der Waals surface area contributed by atoms with E-state index in [0.29, 0.717) is 40.9 Å². The fourth-order valence-corrected chi connectivity index (χ4v) is 4.48. The van der Waals surface area contributed by atoms with E-state index in [1.54, 1.807) is 42.6 Å². The van der Waals surface area contributed by atoms with Gasteiger partial charge in [-0.05, 0) is 31.2 Å². The lowest BCUT2D eigenvalue weighted by atomic mass is 10.0. The van der Waals surface area contributed by atoms with Gasteiger partial charge in [0.05, 0.1) is 12.2 Å². The number of halogens is 1. The Hall–Kier alpha value is -3.56. The molecule has 10 heteroatoms. The third kappa shape index (κ3) is 5.16. The zero-order valence-electron chi connectivity index (χ0n) is 18.1. The first-order valence-electron chi connectivity index (χ1n) is 10.4. The lowest BCUT2D eigenvalue weighted by molar-refractivity contribution is -0.119. The van der Waals surface area contributed by atoms with Crippen molar-refractivity contribution in [3.05, 3.63) is 64.0 Å². The molecule has 0 bridgehead atoms. The molecule has 2 heterocycles. The topological polar surface area (TPSA) is 100 Å². The van der Waals surface area contributed by atoms with E-state index >= 15 is 0 Å². The van der Waals surface area contributed by atoms with Crippen molar-refractivity contribution in [1.29, 1.82) is 0 Å². The van der Waals surface area contributed by atoms with E-state index in [4.69, 9.17) is 30.5 Å². The van der Waals surface area contributed by atoms with Crippen molar-refractivity contribution in [2.75, 3.05) is 31.7 Å². The summed E-state index contributed by atoms with van der Waals surface area (Å²) in [4.78, 5) is 37.6. The Morgan fingerprint density at radius 2 is 1.76 bits per heavy atom. The van der Waals surface area contributed by atoms with Gasteiger partial charge in [-0.3, -0.25) is 4.79 Å². The van der Waals surface area contributed by atoms with Crippen LogP contribution in [0.4, 0.5) is 5.00 Å². The van der Waals surface area contributed by atoms with Gasteiger partial charge in [0.25, 0.3) is 5.91 Å². The van der Waals surface area contributed by atoms with E-state index in [9.17, 15) is 14.4 Å². The maximum atomic E-state index is 12.7. The van der Waals surface area contributed by atoms with Crippen molar-refractivity contribution in [2.45, 2.75) is 6.92 Å². The molecule has 34 heavy (non-hydrogen) atoms. The van der Waals surface area contributed by atoms with E-state index in [2.05, 4.69) is 5.32 Å². The Morgan fingerprint density at radius 3 is 2.53 bits per heavy atom. The zero-order chi connectivity index (χ0) is 24.1. The first-order valence-corrected chi connectivity index (χ1v) is 11.6. The van der Waals surface area contributed by atoms with Crippen LogP contribution >= 0.6 is 22.9 Å². The van der Waals surface area contributed by atoms with Crippen LogP contribution in [0.15, 0.2) is 47.8 Å². The number of carbonyl (C=O) groups is 3. The molecule has 0 fully saturated rings. The Bertz CT molecular complexity index is 1240. The molecule has 0 radical (unpaired) electrons. The number of nitrogens with one attached hydrogen (secondary N) is 1. The summed E-state index contributed by atoms with van der Waals surface area (Å²) in [6, 6.07) is 11.7. The molecule has 0 spiro atoms. The quantitative estimate of drug-likeness (QED) is 0.463. The van der Waals surface area contributed by atoms with Gasteiger partial charge >= 0.3 is 11.9 Å². The molecule has 0 aliphatic carbocycles. The molecule has 2 aromatic carbocycles. The van der Waals surface area contributed by atoms with Crippen molar-refractivity contribution in [3.63, 3.8) is 0 Å². The van der Waals surface area contributed by atoms with Crippen LogP contribution in [0.2, 0.25) is 5.02 Å². The third-order valence-corrected chi connectivity index (χ3v) is 6.02. The molecular weight excluding hydrogens is 482 g/mol. The number of hydrogen-bond donors (Lipinski definition) is 1. The highest BCUT2D eigenvalue weighted by molar-refractivity contribution is 7.15. The normalized spacial score (nSPS) is 12.1. The molecule has 8 nitrogen and oxygen atoms in total. The second-order valence-electron chi connectivity index (χ2n) is 7.04. The third-order valence-electron chi connectivity index (χ3n) is 4.80. The molecule has 3 aromatic rings. The number of ether oxygens (including phenoxy) is 4. The van der Waals surface area contributed by atoms with E-state index in [1.807, 2.05) is 0 Å². The van der Waals surface area contributed by atoms with Crippen LogP contribution in [-0.2, 0) is 14.3 Å². The van der Waals surface area contributed by atoms with Crippen LogP contribution in [-0.4, -0.2) is 44.3 Å². The second kappa shape index (κ2) is 10.6. The summed E-state index contributed by atoms with van der Waals surface area (Å²) in [5, 5.41) is 5.07.